The molecule has 3 rings (SSSR count). The van der Waals surface area contributed by atoms with E-state index in [1.165, 1.54) is 6.07 Å². The van der Waals surface area contributed by atoms with Crippen molar-refractivity contribution >= 4 is 11.0 Å². The zero-order valence-electron chi connectivity index (χ0n) is 13.2. The molecule has 1 aromatic carbocycles. The lowest BCUT2D eigenvalue weighted by Gasteiger charge is -2.11. The third kappa shape index (κ3) is 4.32. The highest BCUT2D eigenvalue weighted by atomic mass is 19.4. The fraction of sp³-hybridized carbons (Fsp3) is 0.412. The smallest absolute Gasteiger partial charge is 0.416 e. The molecule has 1 fully saturated rings. The van der Waals surface area contributed by atoms with Gasteiger partial charge < -0.3 is 19.6 Å². The van der Waals surface area contributed by atoms with Crippen LogP contribution in [0.25, 0.3) is 16.4 Å². The van der Waals surface area contributed by atoms with Crippen LogP contribution in [-0.2, 0) is 15.9 Å². The van der Waals surface area contributed by atoms with Gasteiger partial charge in [-0.05, 0) is 43.5 Å². The Labute approximate surface area is 142 Å². The van der Waals surface area contributed by atoms with E-state index in [4.69, 9.17) is 15.1 Å². The molecule has 2 aromatic rings. The van der Waals surface area contributed by atoms with Crippen LogP contribution >= 0.6 is 0 Å². The van der Waals surface area contributed by atoms with E-state index in [0.29, 0.717) is 36.1 Å². The van der Waals surface area contributed by atoms with Gasteiger partial charge in [0.1, 0.15) is 23.6 Å². The van der Waals surface area contributed by atoms with Crippen molar-refractivity contribution in [2.75, 3.05) is 6.54 Å². The molecule has 134 valence electrons. The summed E-state index contributed by atoms with van der Waals surface area (Å²) in [5.74, 6) is 11.2. The summed E-state index contributed by atoms with van der Waals surface area (Å²) >= 11 is 0. The minimum Gasteiger partial charge on any atom is -0.513 e. The molecule has 0 unspecified atom stereocenters. The molecule has 2 atom stereocenters. The molecule has 1 saturated heterocycles. The molecule has 2 N–H and O–H groups in total. The normalized spacial score (nSPS) is 20.6. The summed E-state index contributed by atoms with van der Waals surface area (Å²) in [5, 5.41) is 0.409. The lowest BCUT2D eigenvalue weighted by atomic mass is 10.1. The van der Waals surface area contributed by atoms with Crippen LogP contribution in [-0.4, -0.2) is 12.6 Å². The van der Waals surface area contributed by atoms with E-state index in [1.807, 2.05) is 0 Å². The highest BCUT2D eigenvalue weighted by Crippen LogP contribution is 2.37. The quantitative estimate of drug-likeness (QED) is 0.507. The number of furan rings is 1. The van der Waals surface area contributed by atoms with Gasteiger partial charge in [-0.15, -0.1) is 12.5 Å². The van der Waals surface area contributed by atoms with Gasteiger partial charge in [-0.25, -0.2) is 5.90 Å². The molecule has 1 aromatic heterocycles. The molecular weight excluding hydrogens is 337 g/mol. The molecule has 0 radical (unpaired) electrons. The fourth-order valence-corrected chi connectivity index (χ4v) is 2.69. The van der Waals surface area contributed by atoms with Gasteiger partial charge in [0.2, 0.25) is 0 Å². The average Bonchev–Trinajstić information content (AvgIpc) is 3.19. The molecule has 0 amide bonds. The first-order valence-electron chi connectivity index (χ1n) is 7.74. The zero-order valence-corrected chi connectivity index (χ0v) is 13.2. The van der Waals surface area contributed by atoms with Crippen molar-refractivity contribution in [2.24, 2.45) is 5.90 Å². The number of rotatable bonds is 4. The van der Waals surface area contributed by atoms with Crippen molar-refractivity contribution < 1.29 is 27.3 Å². The maximum absolute atomic E-state index is 12.8. The summed E-state index contributed by atoms with van der Waals surface area (Å²) in [6.07, 6.45) is -2.99. The van der Waals surface area contributed by atoms with Crippen molar-refractivity contribution in [3.8, 4) is 11.8 Å². The molecule has 2 heterocycles. The number of fused-ring (bicyclic) bond motifs is 1. The summed E-state index contributed by atoms with van der Waals surface area (Å²) in [7, 11) is 0. The van der Waals surface area contributed by atoms with E-state index < -0.39 is 11.7 Å². The van der Waals surface area contributed by atoms with Gasteiger partial charge in [0.05, 0.1) is 5.56 Å². The number of hydroxylamine groups is 1. The number of nitrogens with zero attached hydrogens (tertiary/aromatic N) is 1. The van der Waals surface area contributed by atoms with Crippen LogP contribution in [0.1, 0.15) is 36.7 Å². The molecule has 0 bridgehead atoms. The van der Waals surface area contributed by atoms with Crippen LogP contribution < -0.4 is 5.90 Å². The standard InChI is InChI=1S/C17H16F3N2O3/c18-17(19,20)12-4-6-14-11(9-12)10-16(24-14)15-7-5-13(23-15)3-1-2-8-22-25-21/h4,6,9-10,13,15H,2,5,7-8,21H2/q-1/t13-,15-/m1/s1. The Hall–Kier alpha value is -2.05. The van der Waals surface area contributed by atoms with Gasteiger partial charge in [0.25, 0.3) is 0 Å². The average molecular weight is 353 g/mol. The van der Waals surface area contributed by atoms with Gasteiger partial charge >= 0.3 is 6.18 Å². The summed E-state index contributed by atoms with van der Waals surface area (Å²) < 4.78 is 49.8. The molecule has 0 aliphatic carbocycles. The second kappa shape index (κ2) is 7.45. The first-order valence-corrected chi connectivity index (χ1v) is 7.74. The maximum atomic E-state index is 12.8. The molecule has 8 heteroatoms. The number of halogens is 3. The van der Waals surface area contributed by atoms with Crippen LogP contribution in [0.15, 0.2) is 28.7 Å². The molecule has 5 nitrogen and oxygen atoms in total. The molecule has 1 aliphatic heterocycles. The van der Waals surface area contributed by atoms with Crippen molar-refractivity contribution in [3.63, 3.8) is 0 Å². The lowest BCUT2D eigenvalue weighted by Crippen LogP contribution is -2.03. The second-order valence-corrected chi connectivity index (χ2v) is 5.62. The minimum atomic E-state index is -4.38. The molecule has 25 heavy (non-hydrogen) atoms. The first-order chi connectivity index (χ1) is 12.0. The number of nitrogens with two attached hydrogens (primary N) is 1. The van der Waals surface area contributed by atoms with Gasteiger partial charge in [-0.3, -0.25) is 0 Å². The molecule has 0 saturated carbocycles. The van der Waals surface area contributed by atoms with Crippen LogP contribution in [0.2, 0.25) is 0 Å². The molecular formula is C17H16F3N2O3-. The Bertz CT molecular complexity index is 792. The first kappa shape index (κ1) is 17.8. The predicted molar refractivity (Wildman–Crippen MR) is 84.0 cm³/mol. The predicted octanol–water partition coefficient (Wildman–Crippen LogP) is 4.24. The van der Waals surface area contributed by atoms with Crippen LogP contribution in [0.4, 0.5) is 13.2 Å². The zero-order chi connectivity index (χ0) is 17.9. The van der Waals surface area contributed by atoms with Gasteiger partial charge in [0.15, 0.2) is 0 Å². The second-order valence-electron chi connectivity index (χ2n) is 5.62. The fourth-order valence-electron chi connectivity index (χ4n) is 2.69. The maximum Gasteiger partial charge on any atom is 0.416 e. The van der Waals surface area contributed by atoms with E-state index in [1.54, 1.807) is 6.07 Å². The van der Waals surface area contributed by atoms with Crippen molar-refractivity contribution in [1.82, 2.24) is 0 Å². The molecule has 1 aliphatic rings. The highest BCUT2D eigenvalue weighted by molar-refractivity contribution is 5.79. The highest BCUT2D eigenvalue weighted by Gasteiger charge is 2.32. The van der Waals surface area contributed by atoms with Crippen molar-refractivity contribution in [3.05, 3.63) is 41.1 Å². The summed E-state index contributed by atoms with van der Waals surface area (Å²) in [5.41, 5.74) is 3.19. The van der Waals surface area contributed by atoms with E-state index in [9.17, 15) is 13.2 Å². The van der Waals surface area contributed by atoms with Gasteiger partial charge in [0, 0.05) is 5.39 Å². The lowest BCUT2D eigenvalue weighted by molar-refractivity contribution is -0.137. The molecule has 0 spiro atoms. The Balaban J connectivity index is 1.66. The monoisotopic (exact) mass is 353 g/mol. The Morgan fingerprint density at radius 3 is 2.88 bits per heavy atom. The van der Waals surface area contributed by atoms with E-state index in [0.717, 1.165) is 18.6 Å². The van der Waals surface area contributed by atoms with Crippen LogP contribution in [0.5, 0.6) is 0 Å². The SMILES string of the molecule is NO[N-]CCC#C[C@@H]1CC[C@H](c2cc3cc(C(F)(F)F)ccc3o2)O1. The third-order valence-corrected chi connectivity index (χ3v) is 3.87. The van der Waals surface area contributed by atoms with Gasteiger partial charge in [-0.1, -0.05) is 5.92 Å². The number of benzene rings is 1. The minimum absolute atomic E-state index is 0.234. The number of ether oxygens (including phenoxy) is 1. The van der Waals surface area contributed by atoms with Crippen molar-refractivity contribution in [2.45, 2.75) is 37.6 Å². The number of hydrogen-bond donors (Lipinski definition) is 1. The van der Waals surface area contributed by atoms with Gasteiger partial charge in [-0.2, -0.15) is 13.2 Å². The van der Waals surface area contributed by atoms with Crippen molar-refractivity contribution in [1.29, 1.82) is 0 Å². The van der Waals surface area contributed by atoms with Crippen LogP contribution in [0, 0.1) is 11.8 Å². The topological polar surface area (TPSA) is 71.7 Å². The van der Waals surface area contributed by atoms with E-state index in [2.05, 4.69) is 22.3 Å². The summed E-state index contributed by atoms with van der Waals surface area (Å²) in [6, 6.07) is 5.02. The number of alkyl halides is 3. The van der Waals surface area contributed by atoms with E-state index in [-0.39, 0.29) is 12.2 Å². The summed E-state index contributed by atoms with van der Waals surface area (Å²) in [6.45, 7) is 0.380. The Morgan fingerprint density at radius 2 is 2.12 bits per heavy atom. The van der Waals surface area contributed by atoms with E-state index >= 15 is 0 Å². The largest absolute Gasteiger partial charge is 0.513 e. The Morgan fingerprint density at radius 1 is 1.28 bits per heavy atom. The third-order valence-electron chi connectivity index (χ3n) is 3.87. The number of hydrogen-bond acceptors (Lipinski definition) is 4. The Kier molecular flexibility index (Phi) is 5.30. The van der Waals surface area contributed by atoms with Crippen LogP contribution in [0.3, 0.4) is 0 Å². The summed E-state index contributed by atoms with van der Waals surface area (Å²) in [4.78, 5) is 4.09.